The van der Waals surface area contributed by atoms with Crippen molar-refractivity contribution < 1.29 is 9.53 Å². The highest BCUT2D eigenvalue weighted by Crippen LogP contribution is 2.44. The number of benzene rings is 1. The Hall–Kier alpha value is -1.31. The molecule has 1 aliphatic carbocycles. The van der Waals surface area contributed by atoms with Gasteiger partial charge in [0.1, 0.15) is 6.10 Å². The van der Waals surface area contributed by atoms with E-state index in [1.54, 1.807) is 0 Å². The van der Waals surface area contributed by atoms with Crippen LogP contribution in [0.25, 0.3) is 0 Å². The van der Waals surface area contributed by atoms with Gasteiger partial charge in [0.25, 0.3) is 0 Å². The summed E-state index contributed by atoms with van der Waals surface area (Å²) < 4.78 is 6.01. The predicted molar refractivity (Wildman–Crippen MR) is 95.3 cm³/mol. The molecule has 1 fully saturated rings. The molecule has 0 radical (unpaired) electrons. The third-order valence-corrected chi connectivity index (χ3v) is 5.37. The van der Waals surface area contributed by atoms with Crippen LogP contribution in [0.5, 0.6) is 0 Å². The number of rotatable bonds is 3. The molecule has 0 saturated heterocycles. The molecule has 2 nitrogen and oxygen atoms in total. The molecule has 3 atom stereocenters. The maximum absolute atomic E-state index is 12.4. The molecule has 0 aliphatic heterocycles. The monoisotopic (exact) mass is 316 g/mol. The van der Waals surface area contributed by atoms with Crippen molar-refractivity contribution in [1.29, 1.82) is 0 Å². The topological polar surface area (TPSA) is 26.3 Å². The van der Waals surface area contributed by atoms with E-state index in [2.05, 4.69) is 51.1 Å². The van der Waals surface area contributed by atoms with Crippen molar-refractivity contribution in [3.05, 3.63) is 35.9 Å². The molecule has 1 aliphatic rings. The van der Waals surface area contributed by atoms with Crippen LogP contribution < -0.4 is 0 Å². The first-order chi connectivity index (χ1) is 10.6. The van der Waals surface area contributed by atoms with Gasteiger partial charge >= 0.3 is 5.97 Å². The molecule has 1 aromatic rings. The van der Waals surface area contributed by atoms with E-state index in [1.807, 2.05) is 20.8 Å². The van der Waals surface area contributed by atoms with Gasteiger partial charge in [0.05, 0.1) is 5.41 Å². The van der Waals surface area contributed by atoms with Gasteiger partial charge in [-0.25, -0.2) is 0 Å². The molecule has 2 heteroatoms. The van der Waals surface area contributed by atoms with Crippen LogP contribution in [0.4, 0.5) is 0 Å². The van der Waals surface area contributed by atoms with Gasteiger partial charge in [0.2, 0.25) is 0 Å². The van der Waals surface area contributed by atoms with Gasteiger partial charge in [-0.05, 0) is 50.5 Å². The minimum absolute atomic E-state index is 0.00420. The van der Waals surface area contributed by atoms with Crippen LogP contribution in [0, 0.1) is 17.3 Å². The Morgan fingerprint density at radius 3 is 2.22 bits per heavy atom. The van der Waals surface area contributed by atoms with Gasteiger partial charge < -0.3 is 4.74 Å². The number of hydrogen-bond donors (Lipinski definition) is 0. The van der Waals surface area contributed by atoms with E-state index in [-0.39, 0.29) is 17.5 Å². The molecule has 0 aromatic heterocycles. The molecule has 23 heavy (non-hydrogen) atoms. The first kappa shape index (κ1) is 18.0. The lowest BCUT2D eigenvalue weighted by molar-refractivity contribution is -0.166. The molecule has 1 aromatic carbocycles. The zero-order chi connectivity index (χ0) is 17.3. The molecule has 3 unspecified atom stereocenters. The first-order valence-electron chi connectivity index (χ1n) is 8.89. The third kappa shape index (κ3) is 4.16. The van der Waals surface area contributed by atoms with E-state index in [1.165, 1.54) is 12.0 Å². The maximum Gasteiger partial charge on any atom is 0.311 e. The summed E-state index contributed by atoms with van der Waals surface area (Å²) in [6, 6.07) is 10.6. The minimum Gasteiger partial charge on any atom is -0.462 e. The molecule has 0 amide bonds. The Balaban J connectivity index is 2.25. The summed E-state index contributed by atoms with van der Waals surface area (Å²) in [4.78, 5) is 12.4. The second-order valence-electron chi connectivity index (χ2n) is 8.81. The molecule has 0 heterocycles. The first-order valence-corrected chi connectivity index (χ1v) is 8.89. The van der Waals surface area contributed by atoms with Gasteiger partial charge in [0.15, 0.2) is 0 Å². The smallest absolute Gasteiger partial charge is 0.311 e. The van der Waals surface area contributed by atoms with Gasteiger partial charge in [0, 0.05) is 5.92 Å². The quantitative estimate of drug-likeness (QED) is 0.702. The fourth-order valence-electron chi connectivity index (χ4n) is 3.68. The third-order valence-electron chi connectivity index (χ3n) is 5.37. The van der Waals surface area contributed by atoms with Crippen LogP contribution in [0.15, 0.2) is 30.3 Å². The summed E-state index contributed by atoms with van der Waals surface area (Å²) in [7, 11) is 0. The average molecular weight is 316 g/mol. The summed E-state index contributed by atoms with van der Waals surface area (Å²) in [6.07, 6.45) is 3.32. The van der Waals surface area contributed by atoms with E-state index in [9.17, 15) is 4.79 Å². The fraction of sp³-hybridized carbons (Fsp3) is 0.667. The molecule has 0 spiro atoms. The number of carbonyl (C=O) groups excluding carboxylic acids is 1. The minimum atomic E-state index is -0.442. The summed E-state index contributed by atoms with van der Waals surface area (Å²) in [5.74, 6) is 0.911. The molecular formula is C21H32O2. The molecular weight excluding hydrogens is 284 g/mol. The lowest BCUT2D eigenvalue weighted by Gasteiger charge is -2.44. The Morgan fingerprint density at radius 1 is 1.04 bits per heavy atom. The summed E-state index contributed by atoms with van der Waals surface area (Å²) in [5.41, 5.74) is 0.892. The van der Waals surface area contributed by atoms with Crippen LogP contribution in [0.2, 0.25) is 0 Å². The summed E-state index contributed by atoms with van der Waals surface area (Å²) in [5, 5.41) is 0. The van der Waals surface area contributed by atoms with E-state index >= 15 is 0 Å². The molecule has 0 N–H and O–H groups in total. The average Bonchev–Trinajstić information content (AvgIpc) is 2.47. The molecule has 128 valence electrons. The predicted octanol–water partition coefficient (Wildman–Crippen LogP) is 5.36. The van der Waals surface area contributed by atoms with Crippen molar-refractivity contribution in [1.82, 2.24) is 0 Å². The van der Waals surface area contributed by atoms with Crippen LogP contribution in [0.3, 0.4) is 0 Å². The number of esters is 1. The Labute approximate surface area is 141 Å². The molecule has 1 saturated carbocycles. The highest BCUT2D eigenvalue weighted by molar-refractivity contribution is 5.75. The van der Waals surface area contributed by atoms with Gasteiger partial charge in [-0.2, -0.15) is 0 Å². The second kappa shape index (κ2) is 6.67. The van der Waals surface area contributed by atoms with Crippen molar-refractivity contribution in [2.75, 3.05) is 0 Å². The normalized spacial score (nSPS) is 25.9. The zero-order valence-corrected chi connectivity index (χ0v) is 15.6. The Morgan fingerprint density at radius 2 is 1.65 bits per heavy atom. The van der Waals surface area contributed by atoms with Crippen molar-refractivity contribution in [2.45, 2.75) is 72.3 Å². The molecule has 2 rings (SSSR count). The lowest BCUT2D eigenvalue weighted by atomic mass is 9.64. The van der Waals surface area contributed by atoms with Crippen LogP contribution in [-0.2, 0) is 14.9 Å². The van der Waals surface area contributed by atoms with Crippen molar-refractivity contribution >= 4 is 5.97 Å². The van der Waals surface area contributed by atoms with Gasteiger partial charge in [-0.15, -0.1) is 0 Å². The van der Waals surface area contributed by atoms with Crippen molar-refractivity contribution in [3.63, 3.8) is 0 Å². The number of ether oxygens (including phenoxy) is 1. The van der Waals surface area contributed by atoms with Gasteiger partial charge in [-0.1, -0.05) is 57.5 Å². The standard InChI is InChI=1S/C21H32O2/c1-15-12-13-17(18(14-15)23-19(22)20(2,3)4)21(5,6)16-10-8-7-9-11-16/h7-11,15,17-18H,12-14H2,1-6H3. The fourth-order valence-corrected chi connectivity index (χ4v) is 3.68. The van der Waals surface area contributed by atoms with Crippen molar-refractivity contribution in [2.24, 2.45) is 17.3 Å². The van der Waals surface area contributed by atoms with E-state index in [0.717, 1.165) is 12.8 Å². The summed E-state index contributed by atoms with van der Waals surface area (Å²) >= 11 is 0. The Bertz CT molecular complexity index is 525. The van der Waals surface area contributed by atoms with Gasteiger partial charge in [-0.3, -0.25) is 4.79 Å². The van der Waals surface area contributed by atoms with Crippen LogP contribution in [0.1, 0.15) is 66.4 Å². The maximum atomic E-state index is 12.4. The zero-order valence-electron chi connectivity index (χ0n) is 15.6. The highest BCUT2D eigenvalue weighted by Gasteiger charge is 2.42. The van der Waals surface area contributed by atoms with Crippen molar-refractivity contribution in [3.8, 4) is 0 Å². The number of carbonyl (C=O) groups is 1. The Kier molecular flexibility index (Phi) is 5.23. The largest absolute Gasteiger partial charge is 0.462 e. The van der Waals surface area contributed by atoms with E-state index < -0.39 is 5.41 Å². The second-order valence-corrected chi connectivity index (χ2v) is 8.81. The number of hydrogen-bond acceptors (Lipinski definition) is 2. The highest BCUT2D eigenvalue weighted by atomic mass is 16.5. The summed E-state index contributed by atoms with van der Waals surface area (Å²) in [6.45, 7) is 12.6. The SMILES string of the molecule is CC1CCC(C(C)(C)c2ccccc2)C(OC(=O)C(C)(C)C)C1. The van der Waals surface area contributed by atoms with E-state index in [0.29, 0.717) is 11.8 Å². The van der Waals surface area contributed by atoms with Crippen LogP contribution in [-0.4, -0.2) is 12.1 Å². The lowest BCUT2D eigenvalue weighted by Crippen LogP contribution is -2.44. The van der Waals surface area contributed by atoms with Crippen LogP contribution >= 0.6 is 0 Å². The molecule has 0 bridgehead atoms. The van der Waals surface area contributed by atoms with E-state index in [4.69, 9.17) is 4.74 Å².